The molecule has 0 amide bonds. The van der Waals surface area contributed by atoms with E-state index in [2.05, 4.69) is 20.6 Å². The lowest BCUT2D eigenvalue weighted by Gasteiger charge is -2.14. The van der Waals surface area contributed by atoms with E-state index in [1.54, 1.807) is 7.05 Å². The van der Waals surface area contributed by atoms with Crippen molar-refractivity contribution in [1.29, 1.82) is 0 Å². The fourth-order valence-corrected chi connectivity index (χ4v) is 1.88. The zero-order chi connectivity index (χ0) is 16.3. The number of halogens is 4. The smallest absolute Gasteiger partial charge is 0.416 e. The number of rotatable bonds is 4. The first kappa shape index (κ1) is 16.2. The molecule has 0 unspecified atom stereocenters. The molecule has 0 fully saturated rings. The summed E-state index contributed by atoms with van der Waals surface area (Å²) in [5.74, 6) is 0.594. The maximum absolute atomic E-state index is 12.7. The molecule has 1 aromatic carbocycles. The molecule has 118 valence electrons. The van der Waals surface area contributed by atoms with Crippen LogP contribution in [0.3, 0.4) is 0 Å². The van der Waals surface area contributed by atoms with E-state index in [1.807, 2.05) is 0 Å². The summed E-state index contributed by atoms with van der Waals surface area (Å²) in [4.78, 5) is 8.05. The van der Waals surface area contributed by atoms with Crippen molar-refractivity contribution in [1.82, 2.24) is 9.97 Å². The number of hydrogen-bond donors (Lipinski definition) is 2. The number of benzene rings is 1. The van der Waals surface area contributed by atoms with Gasteiger partial charge >= 0.3 is 6.18 Å². The Bertz CT molecular complexity index is 679. The third kappa shape index (κ3) is 3.51. The maximum atomic E-state index is 12.7. The molecule has 0 bridgehead atoms. The molecule has 0 radical (unpaired) electrons. The van der Waals surface area contributed by atoms with Gasteiger partial charge in [0.1, 0.15) is 16.6 Å². The van der Waals surface area contributed by atoms with Gasteiger partial charge in [-0.15, -0.1) is 0 Å². The highest BCUT2D eigenvalue weighted by atomic mass is 35.5. The van der Waals surface area contributed by atoms with Crippen molar-refractivity contribution < 1.29 is 17.9 Å². The van der Waals surface area contributed by atoms with Crippen molar-refractivity contribution in [2.45, 2.75) is 6.18 Å². The van der Waals surface area contributed by atoms with Gasteiger partial charge in [0.2, 0.25) is 5.95 Å². The van der Waals surface area contributed by atoms with E-state index < -0.39 is 11.7 Å². The van der Waals surface area contributed by atoms with Crippen LogP contribution < -0.4 is 15.4 Å². The second-order valence-corrected chi connectivity index (χ2v) is 4.59. The Kier molecular flexibility index (Phi) is 4.60. The summed E-state index contributed by atoms with van der Waals surface area (Å²) in [6, 6.07) is 3.09. The molecular weight excluding hydrogens is 321 g/mol. The Balaban J connectivity index is 2.33. The van der Waals surface area contributed by atoms with Crippen LogP contribution in [0, 0.1) is 0 Å². The van der Waals surface area contributed by atoms with Crippen molar-refractivity contribution in [3.8, 4) is 5.75 Å². The zero-order valence-corrected chi connectivity index (χ0v) is 12.4. The number of alkyl halides is 3. The van der Waals surface area contributed by atoms with Crippen molar-refractivity contribution >= 4 is 29.1 Å². The fourth-order valence-electron chi connectivity index (χ4n) is 1.69. The number of aromatic nitrogens is 2. The van der Waals surface area contributed by atoms with Crippen LogP contribution in [0.15, 0.2) is 24.4 Å². The van der Waals surface area contributed by atoms with Crippen molar-refractivity contribution in [2.75, 3.05) is 24.8 Å². The molecule has 0 spiro atoms. The van der Waals surface area contributed by atoms with Gasteiger partial charge in [-0.3, -0.25) is 0 Å². The molecule has 2 N–H and O–H groups in total. The molecule has 0 saturated heterocycles. The van der Waals surface area contributed by atoms with Crippen LogP contribution in [0.2, 0.25) is 5.02 Å². The van der Waals surface area contributed by atoms with Crippen LogP contribution in [0.5, 0.6) is 5.75 Å². The topological polar surface area (TPSA) is 59.1 Å². The Morgan fingerprint density at radius 1 is 1.27 bits per heavy atom. The van der Waals surface area contributed by atoms with Crippen LogP contribution in [0.25, 0.3) is 0 Å². The monoisotopic (exact) mass is 332 g/mol. The number of ether oxygens (including phenoxy) is 1. The molecule has 22 heavy (non-hydrogen) atoms. The molecule has 0 atom stereocenters. The van der Waals surface area contributed by atoms with Gasteiger partial charge in [-0.25, -0.2) is 4.98 Å². The molecule has 1 aromatic heterocycles. The molecule has 9 heteroatoms. The van der Waals surface area contributed by atoms with Crippen LogP contribution in [-0.4, -0.2) is 24.1 Å². The molecule has 0 aliphatic rings. The minimum atomic E-state index is -4.44. The van der Waals surface area contributed by atoms with E-state index in [0.29, 0.717) is 16.5 Å². The lowest BCUT2D eigenvalue weighted by Crippen LogP contribution is -2.07. The molecular formula is C13H12ClF3N4O. The molecule has 0 aliphatic carbocycles. The third-order valence-corrected chi connectivity index (χ3v) is 3.03. The Labute approximate surface area is 129 Å². The molecule has 2 aromatic rings. The SMILES string of the molecule is CNc1nc(Nc2ccc(C(F)(F)F)cc2OC)ncc1Cl. The molecule has 5 nitrogen and oxygen atoms in total. The van der Waals surface area contributed by atoms with E-state index in [0.717, 1.165) is 12.1 Å². The molecule has 0 aliphatic heterocycles. The second-order valence-electron chi connectivity index (χ2n) is 4.18. The van der Waals surface area contributed by atoms with E-state index in [4.69, 9.17) is 16.3 Å². The summed E-state index contributed by atoms with van der Waals surface area (Å²) in [5.41, 5.74) is -0.497. The molecule has 2 rings (SSSR count). The summed E-state index contributed by atoms with van der Waals surface area (Å²) in [7, 11) is 2.92. The molecule has 1 heterocycles. The van der Waals surface area contributed by atoms with E-state index in [1.165, 1.54) is 19.4 Å². The minimum Gasteiger partial charge on any atom is -0.495 e. The van der Waals surface area contributed by atoms with E-state index >= 15 is 0 Å². The van der Waals surface area contributed by atoms with Gasteiger partial charge in [-0.2, -0.15) is 18.2 Å². The van der Waals surface area contributed by atoms with E-state index in [-0.39, 0.29) is 11.7 Å². The first-order chi connectivity index (χ1) is 10.3. The highest BCUT2D eigenvalue weighted by Crippen LogP contribution is 2.36. The summed E-state index contributed by atoms with van der Waals surface area (Å²) in [6.45, 7) is 0. The molecule has 0 saturated carbocycles. The average molecular weight is 333 g/mol. The van der Waals surface area contributed by atoms with Gasteiger partial charge in [-0.1, -0.05) is 11.6 Å². The zero-order valence-electron chi connectivity index (χ0n) is 11.6. The van der Waals surface area contributed by atoms with Crippen LogP contribution in [0.4, 0.5) is 30.6 Å². The largest absolute Gasteiger partial charge is 0.495 e. The Morgan fingerprint density at radius 2 is 2.00 bits per heavy atom. The maximum Gasteiger partial charge on any atom is 0.416 e. The van der Waals surface area contributed by atoms with Crippen molar-refractivity contribution in [3.63, 3.8) is 0 Å². The Hall–Kier alpha value is -2.22. The highest BCUT2D eigenvalue weighted by molar-refractivity contribution is 6.32. The van der Waals surface area contributed by atoms with Crippen LogP contribution in [0.1, 0.15) is 5.56 Å². The van der Waals surface area contributed by atoms with Gasteiger partial charge in [-0.05, 0) is 18.2 Å². The third-order valence-electron chi connectivity index (χ3n) is 2.76. The first-order valence-corrected chi connectivity index (χ1v) is 6.45. The van der Waals surface area contributed by atoms with Gasteiger partial charge in [0.15, 0.2) is 0 Å². The summed E-state index contributed by atoms with van der Waals surface area (Å²) >= 11 is 5.86. The Morgan fingerprint density at radius 3 is 2.59 bits per heavy atom. The number of nitrogens with zero attached hydrogens (tertiary/aromatic N) is 2. The fraction of sp³-hybridized carbons (Fsp3) is 0.231. The van der Waals surface area contributed by atoms with E-state index in [9.17, 15) is 13.2 Å². The summed E-state index contributed by atoms with van der Waals surface area (Å²) in [6.07, 6.45) is -3.07. The normalized spacial score (nSPS) is 11.2. The van der Waals surface area contributed by atoms with Crippen LogP contribution in [-0.2, 0) is 6.18 Å². The second kappa shape index (κ2) is 6.27. The summed E-state index contributed by atoms with van der Waals surface area (Å²) < 4.78 is 43.0. The quantitative estimate of drug-likeness (QED) is 0.888. The van der Waals surface area contributed by atoms with Gasteiger partial charge < -0.3 is 15.4 Å². The predicted molar refractivity (Wildman–Crippen MR) is 77.9 cm³/mol. The van der Waals surface area contributed by atoms with Gasteiger partial charge in [0.25, 0.3) is 0 Å². The lowest BCUT2D eigenvalue weighted by atomic mass is 10.2. The average Bonchev–Trinajstić information content (AvgIpc) is 2.48. The standard InChI is InChI=1S/C13H12ClF3N4O/c1-18-11-8(14)6-19-12(21-11)20-9-4-3-7(13(15,16)17)5-10(9)22-2/h3-6H,1-2H3,(H2,18,19,20,21). The number of anilines is 3. The van der Waals surface area contributed by atoms with Crippen molar-refractivity contribution in [3.05, 3.63) is 35.0 Å². The van der Waals surface area contributed by atoms with Crippen LogP contribution >= 0.6 is 11.6 Å². The predicted octanol–water partition coefficient (Wildman–Crippen LogP) is 3.94. The first-order valence-electron chi connectivity index (χ1n) is 6.07. The summed E-state index contributed by atoms with van der Waals surface area (Å²) in [5, 5.41) is 5.89. The van der Waals surface area contributed by atoms with Gasteiger partial charge in [0.05, 0.1) is 24.6 Å². The number of hydrogen-bond acceptors (Lipinski definition) is 5. The van der Waals surface area contributed by atoms with Gasteiger partial charge in [0, 0.05) is 7.05 Å². The van der Waals surface area contributed by atoms with Crippen molar-refractivity contribution in [2.24, 2.45) is 0 Å². The lowest BCUT2D eigenvalue weighted by molar-refractivity contribution is -0.137. The highest BCUT2D eigenvalue weighted by Gasteiger charge is 2.31. The minimum absolute atomic E-state index is 0.0272. The number of methoxy groups -OCH3 is 1. The number of nitrogens with one attached hydrogen (secondary N) is 2.